The molecule has 0 bridgehead atoms. The van der Waals surface area contributed by atoms with Gasteiger partial charge in [0, 0.05) is 32.7 Å². The first-order valence-electron chi connectivity index (χ1n) is 9.44. The van der Waals surface area contributed by atoms with Crippen LogP contribution in [-0.4, -0.2) is 69.8 Å². The summed E-state index contributed by atoms with van der Waals surface area (Å²) in [5, 5.41) is 12.7. The minimum absolute atomic E-state index is 0.0102. The fourth-order valence-electron chi connectivity index (χ4n) is 3.54. The van der Waals surface area contributed by atoms with Crippen LogP contribution in [0.4, 0.5) is 0 Å². The average molecular weight is 371 g/mol. The third kappa shape index (κ3) is 4.36. The standard InChI is InChI=1S/C20H30N6O/c1-6-11-24-12-14-25(15-13-24)18(16-7-9-17(27-5)10-8-16)19-21-22-23-26(19)20(2,3)4/h6-10,18H,1,11-15H2,2-5H3. The van der Waals surface area contributed by atoms with Gasteiger partial charge in [-0.1, -0.05) is 18.2 Å². The van der Waals surface area contributed by atoms with Crippen molar-refractivity contribution < 1.29 is 4.74 Å². The highest BCUT2D eigenvalue weighted by atomic mass is 16.5. The first-order valence-corrected chi connectivity index (χ1v) is 9.44. The van der Waals surface area contributed by atoms with Gasteiger partial charge in [0.05, 0.1) is 18.7 Å². The van der Waals surface area contributed by atoms with E-state index in [1.807, 2.05) is 22.9 Å². The molecule has 0 radical (unpaired) electrons. The fraction of sp³-hybridized carbons (Fsp3) is 0.550. The van der Waals surface area contributed by atoms with E-state index in [2.05, 4.69) is 64.8 Å². The molecule has 3 rings (SSSR count). The SMILES string of the molecule is C=CCN1CCN(C(c2ccc(OC)cc2)c2nnnn2C(C)(C)C)CC1. The second kappa shape index (κ2) is 8.19. The third-order valence-corrected chi connectivity index (χ3v) is 4.96. The normalized spacial score (nSPS) is 17.6. The van der Waals surface area contributed by atoms with Crippen LogP contribution in [-0.2, 0) is 5.54 Å². The Labute approximate surface area is 161 Å². The zero-order chi connectivity index (χ0) is 19.4. The Balaban J connectivity index is 1.95. The van der Waals surface area contributed by atoms with E-state index in [-0.39, 0.29) is 11.6 Å². The predicted molar refractivity (Wildman–Crippen MR) is 106 cm³/mol. The maximum Gasteiger partial charge on any atom is 0.173 e. The quantitative estimate of drug-likeness (QED) is 0.728. The number of ether oxygens (including phenoxy) is 1. The summed E-state index contributed by atoms with van der Waals surface area (Å²) in [6.07, 6.45) is 1.97. The van der Waals surface area contributed by atoms with Gasteiger partial charge in [0.2, 0.25) is 0 Å². The number of rotatable bonds is 6. The van der Waals surface area contributed by atoms with Gasteiger partial charge in [0.25, 0.3) is 0 Å². The zero-order valence-corrected chi connectivity index (χ0v) is 16.8. The Morgan fingerprint density at radius 2 is 1.81 bits per heavy atom. The molecule has 146 valence electrons. The van der Waals surface area contributed by atoms with Gasteiger partial charge in [-0.3, -0.25) is 9.80 Å². The Morgan fingerprint density at radius 3 is 2.37 bits per heavy atom. The first kappa shape index (κ1) is 19.5. The molecule has 2 aromatic rings. The van der Waals surface area contributed by atoms with Gasteiger partial charge in [0.1, 0.15) is 5.75 Å². The predicted octanol–water partition coefficient (Wildman–Crippen LogP) is 2.33. The molecule has 7 nitrogen and oxygen atoms in total. The van der Waals surface area contributed by atoms with E-state index in [0.29, 0.717) is 0 Å². The Bertz CT molecular complexity index is 741. The number of nitrogens with zero attached hydrogens (tertiary/aromatic N) is 6. The lowest BCUT2D eigenvalue weighted by Gasteiger charge is -2.39. The van der Waals surface area contributed by atoms with Crippen molar-refractivity contribution >= 4 is 0 Å². The molecule has 0 aliphatic carbocycles. The summed E-state index contributed by atoms with van der Waals surface area (Å²) < 4.78 is 7.27. The summed E-state index contributed by atoms with van der Waals surface area (Å²) in [4.78, 5) is 4.89. The second-order valence-corrected chi connectivity index (χ2v) is 7.92. The first-order chi connectivity index (χ1) is 12.9. The van der Waals surface area contributed by atoms with Crippen molar-refractivity contribution in [3.8, 4) is 5.75 Å². The zero-order valence-electron chi connectivity index (χ0n) is 16.8. The lowest BCUT2D eigenvalue weighted by Crippen LogP contribution is -2.48. The molecule has 27 heavy (non-hydrogen) atoms. The average Bonchev–Trinajstić information content (AvgIpc) is 3.14. The summed E-state index contributed by atoms with van der Waals surface area (Å²) in [5.41, 5.74) is 0.988. The Hall–Kier alpha value is -2.25. The molecule has 1 atom stereocenters. The molecule has 1 saturated heterocycles. The van der Waals surface area contributed by atoms with Gasteiger partial charge in [-0.25, -0.2) is 4.68 Å². The minimum atomic E-state index is -0.186. The molecule has 1 fully saturated rings. The van der Waals surface area contributed by atoms with Crippen LogP contribution in [0.5, 0.6) is 5.75 Å². The monoisotopic (exact) mass is 370 g/mol. The van der Waals surface area contributed by atoms with Crippen molar-refractivity contribution in [2.75, 3.05) is 39.8 Å². The number of hydrogen-bond acceptors (Lipinski definition) is 6. The maximum absolute atomic E-state index is 5.33. The minimum Gasteiger partial charge on any atom is -0.497 e. The number of benzene rings is 1. The summed E-state index contributed by atoms with van der Waals surface area (Å²) in [6, 6.07) is 8.24. The van der Waals surface area contributed by atoms with Crippen molar-refractivity contribution in [2.24, 2.45) is 0 Å². The Morgan fingerprint density at radius 1 is 1.15 bits per heavy atom. The van der Waals surface area contributed by atoms with Crippen molar-refractivity contribution in [3.63, 3.8) is 0 Å². The molecule has 1 aromatic heterocycles. The number of tetrazole rings is 1. The molecule has 1 aromatic carbocycles. The molecule has 7 heteroatoms. The van der Waals surface area contributed by atoms with E-state index in [9.17, 15) is 0 Å². The highest BCUT2D eigenvalue weighted by Gasteiger charge is 2.33. The summed E-state index contributed by atoms with van der Waals surface area (Å²) >= 11 is 0. The van der Waals surface area contributed by atoms with Crippen LogP contribution in [0.15, 0.2) is 36.9 Å². The largest absolute Gasteiger partial charge is 0.497 e. The van der Waals surface area contributed by atoms with Crippen molar-refractivity contribution in [2.45, 2.75) is 32.4 Å². The smallest absolute Gasteiger partial charge is 0.173 e. The van der Waals surface area contributed by atoms with Crippen LogP contribution in [0.25, 0.3) is 0 Å². The molecule has 1 aliphatic rings. The Kier molecular flexibility index (Phi) is 5.92. The van der Waals surface area contributed by atoms with Crippen molar-refractivity contribution in [1.29, 1.82) is 0 Å². The van der Waals surface area contributed by atoms with Gasteiger partial charge in [-0.05, 0) is 48.9 Å². The molecule has 0 amide bonds. The lowest BCUT2D eigenvalue weighted by atomic mass is 10.0. The van der Waals surface area contributed by atoms with E-state index >= 15 is 0 Å². The van der Waals surface area contributed by atoms with Crippen LogP contribution in [0.3, 0.4) is 0 Å². The topological polar surface area (TPSA) is 59.3 Å². The highest BCUT2D eigenvalue weighted by Crippen LogP contribution is 2.31. The molecule has 1 aliphatic heterocycles. The maximum atomic E-state index is 5.33. The van der Waals surface area contributed by atoms with Gasteiger partial charge in [-0.2, -0.15) is 0 Å². The van der Waals surface area contributed by atoms with Crippen LogP contribution < -0.4 is 4.74 Å². The molecular weight excluding hydrogens is 340 g/mol. The molecular formula is C20H30N6O. The molecule has 1 unspecified atom stereocenters. The second-order valence-electron chi connectivity index (χ2n) is 7.92. The van der Waals surface area contributed by atoms with E-state index in [1.165, 1.54) is 5.56 Å². The molecule has 0 saturated carbocycles. The van der Waals surface area contributed by atoms with E-state index < -0.39 is 0 Å². The van der Waals surface area contributed by atoms with Crippen molar-refractivity contribution in [3.05, 3.63) is 48.3 Å². The number of methoxy groups -OCH3 is 1. The van der Waals surface area contributed by atoms with Crippen molar-refractivity contribution in [1.82, 2.24) is 30.0 Å². The van der Waals surface area contributed by atoms with Crippen LogP contribution >= 0.6 is 0 Å². The van der Waals surface area contributed by atoms with Crippen LogP contribution in [0.2, 0.25) is 0 Å². The van der Waals surface area contributed by atoms with Gasteiger partial charge in [0.15, 0.2) is 5.82 Å². The highest BCUT2D eigenvalue weighted by molar-refractivity contribution is 5.32. The lowest BCUT2D eigenvalue weighted by molar-refractivity contribution is 0.110. The number of hydrogen-bond donors (Lipinski definition) is 0. The molecule has 0 N–H and O–H groups in total. The summed E-state index contributed by atoms with van der Waals surface area (Å²) in [6.45, 7) is 15.1. The third-order valence-electron chi connectivity index (χ3n) is 4.96. The van der Waals surface area contributed by atoms with Gasteiger partial charge in [-0.15, -0.1) is 11.7 Å². The van der Waals surface area contributed by atoms with E-state index in [0.717, 1.165) is 44.3 Å². The molecule has 2 heterocycles. The summed E-state index contributed by atoms with van der Waals surface area (Å²) in [5.74, 6) is 1.73. The van der Waals surface area contributed by atoms with Gasteiger partial charge < -0.3 is 4.74 Å². The summed E-state index contributed by atoms with van der Waals surface area (Å²) in [7, 11) is 1.69. The van der Waals surface area contributed by atoms with Crippen LogP contribution in [0.1, 0.15) is 38.2 Å². The number of aromatic nitrogens is 4. The number of piperazine rings is 1. The van der Waals surface area contributed by atoms with Gasteiger partial charge >= 0.3 is 0 Å². The fourth-order valence-corrected chi connectivity index (χ4v) is 3.54. The van der Waals surface area contributed by atoms with E-state index in [1.54, 1.807) is 7.11 Å². The van der Waals surface area contributed by atoms with E-state index in [4.69, 9.17) is 4.74 Å². The molecule has 0 spiro atoms. The van der Waals surface area contributed by atoms with Crippen LogP contribution in [0, 0.1) is 0 Å².